The molecule has 110 valence electrons. The van der Waals surface area contributed by atoms with Crippen molar-refractivity contribution in [1.82, 2.24) is 10.2 Å². The van der Waals surface area contributed by atoms with Crippen LogP contribution in [0.2, 0.25) is 0 Å². The van der Waals surface area contributed by atoms with Gasteiger partial charge in [0, 0.05) is 6.54 Å². The van der Waals surface area contributed by atoms with Crippen molar-refractivity contribution < 1.29 is 9.53 Å². The fraction of sp³-hybridized carbons (Fsp3) is 0.667. The molecule has 1 aliphatic carbocycles. The third-order valence-electron chi connectivity index (χ3n) is 4.22. The highest BCUT2D eigenvalue weighted by Gasteiger charge is 2.36. The minimum absolute atomic E-state index is 0.0101. The number of hydrogen-bond acceptors (Lipinski definition) is 4. The summed E-state index contributed by atoms with van der Waals surface area (Å²) in [6, 6.07) is 1.98. The molecule has 2 aliphatic rings. The molecule has 2 fully saturated rings. The van der Waals surface area contributed by atoms with Gasteiger partial charge in [-0.15, -0.1) is 0 Å². The van der Waals surface area contributed by atoms with Crippen LogP contribution in [0.4, 0.5) is 0 Å². The van der Waals surface area contributed by atoms with Gasteiger partial charge in [-0.25, -0.2) is 0 Å². The third-order valence-corrected chi connectivity index (χ3v) is 4.92. The number of carbonyl (C=O) groups is 1. The van der Waals surface area contributed by atoms with Crippen LogP contribution in [0, 0.1) is 0 Å². The van der Waals surface area contributed by atoms with Crippen molar-refractivity contribution in [2.45, 2.75) is 50.9 Å². The highest BCUT2D eigenvalue weighted by molar-refractivity contribution is 7.07. The first-order valence-corrected chi connectivity index (χ1v) is 8.40. The number of amides is 1. The Morgan fingerprint density at radius 1 is 1.45 bits per heavy atom. The molecule has 2 atom stereocenters. The summed E-state index contributed by atoms with van der Waals surface area (Å²) >= 11 is 1.67. The van der Waals surface area contributed by atoms with Gasteiger partial charge in [-0.3, -0.25) is 10.1 Å². The van der Waals surface area contributed by atoms with E-state index in [4.69, 9.17) is 4.74 Å². The van der Waals surface area contributed by atoms with Crippen LogP contribution in [0.25, 0.3) is 0 Å². The Morgan fingerprint density at radius 2 is 2.25 bits per heavy atom. The molecule has 1 saturated heterocycles. The molecule has 3 rings (SSSR count). The van der Waals surface area contributed by atoms with E-state index in [9.17, 15) is 4.79 Å². The Bertz CT molecular complexity index is 443. The van der Waals surface area contributed by atoms with E-state index in [2.05, 4.69) is 22.1 Å². The molecule has 1 saturated carbocycles. The van der Waals surface area contributed by atoms with Crippen LogP contribution in [0.5, 0.6) is 0 Å². The van der Waals surface area contributed by atoms with E-state index in [0.717, 1.165) is 0 Å². The van der Waals surface area contributed by atoms with Crippen molar-refractivity contribution in [2.24, 2.45) is 0 Å². The molecule has 0 radical (unpaired) electrons. The van der Waals surface area contributed by atoms with E-state index in [-0.39, 0.29) is 18.1 Å². The first-order chi connectivity index (χ1) is 9.75. The molecule has 2 heterocycles. The van der Waals surface area contributed by atoms with Crippen LogP contribution < -0.4 is 5.32 Å². The molecule has 1 amide bonds. The van der Waals surface area contributed by atoms with Gasteiger partial charge in [0.25, 0.3) is 0 Å². The lowest BCUT2D eigenvalue weighted by molar-refractivity contribution is -0.130. The molecule has 0 aromatic carbocycles. The number of ether oxygens (including phenoxy) is 1. The zero-order valence-corrected chi connectivity index (χ0v) is 12.7. The highest BCUT2D eigenvalue weighted by Crippen LogP contribution is 2.27. The molecule has 1 aromatic rings. The fourth-order valence-electron chi connectivity index (χ4n) is 3.09. The summed E-state index contributed by atoms with van der Waals surface area (Å²) in [5, 5.41) is 7.52. The predicted molar refractivity (Wildman–Crippen MR) is 79.6 cm³/mol. The van der Waals surface area contributed by atoms with Gasteiger partial charge in [0.2, 0.25) is 5.91 Å². The van der Waals surface area contributed by atoms with Gasteiger partial charge in [-0.2, -0.15) is 11.3 Å². The van der Waals surface area contributed by atoms with Gasteiger partial charge in [0.05, 0.1) is 18.8 Å². The second-order valence-corrected chi connectivity index (χ2v) is 6.44. The Morgan fingerprint density at radius 3 is 2.95 bits per heavy atom. The predicted octanol–water partition coefficient (Wildman–Crippen LogP) is 2.53. The van der Waals surface area contributed by atoms with E-state index < -0.39 is 0 Å². The second-order valence-electron chi connectivity index (χ2n) is 5.66. The lowest BCUT2D eigenvalue weighted by atomic mass is 10.2. The summed E-state index contributed by atoms with van der Waals surface area (Å²) in [5.74, 6) is 0.177. The fourth-order valence-corrected chi connectivity index (χ4v) is 3.77. The number of nitrogens with zero attached hydrogens (tertiary/aromatic N) is 1. The van der Waals surface area contributed by atoms with Gasteiger partial charge in [-0.05, 0) is 42.2 Å². The molecule has 20 heavy (non-hydrogen) atoms. The van der Waals surface area contributed by atoms with Crippen molar-refractivity contribution in [1.29, 1.82) is 0 Å². The number of hydrogen-bond donors (Lipinski definition) is 1. The lowest BCUT2D eigenvalue weighted by Crippen LogP contribution is -2.34. The molecule has 2 unspecified atom stereocenters. The summed E-state index contributed by atoms with van der Waals surface area (Å²) < 4.78 is 5.90. The molecule has 1 aliphatic heterocycles. The topological polar surface area (TPSA) is 41.6 Å². The van der Waals surface area contributed by atoms with Crippen molar-refractivity contribution in [3.8, 4) is 0 Å². The normalized spacial score (nSPS) is 27.6. The van der Waals surface area contributed by atoms with Crippen molar-refractivity contribution in [3.63, 3.8) is 0 Å². The SMILES string of the molecule is CC1NC(c2ccsc2)N(CCOC2CCCC2)C1=O. The molecule has 1 N–H and O–H groups in total. The van der Waals surface area contributed by atoms with Crippen molar-refractivity contribution in [2.75, 3.05) is 13.2 Å². The van der Waals surface area contributed by atoms with Crippen LogP contribution in [0.15, 0.2) is 16.8 Å². The van der Waals surface area contributed by atoms with E-state index in [1.54, 1.807) is 11.3 Å². The first kappa shape index (κ1) is 14.0. The molecule has 0 bridgehead atoms. The van der Waals surface area contributed by atoms with Gasteiger partial charge < -0.3 is 9.64 Å². The summed E-state index contributed by atoms with van der Waals surface area (Å²) in [7, 11) is 0. The Hall–Kier alpha value is -0.910. The number of carbonyl (C=O) groups excluding carboxylic acids is 1. The minimum Gasteiger partial charge on any atom is -0.376 e. The van der Waals surface area contributed by atoms with Crippen molar-refractivity contribution >= 4 is 17.2 Å². The van der Waals surface area contributed by atoms with Crippen LogP contribution in [-0.2, 0) is 9.53 Å². The summed E-state index contributed by atoms with van der Waals surface area (Å²) in [6.45, 7) is 3.25. The highest BCUT2D eigenvalue weighted by atomic mass is 32.1. The van der Waals surface area contributed by atoms with Gasteiger partial charge >= 0.3 is 0 Å². The Labute approximate surface area is 124 Å². The smallest absolute Gasteiger partial charge is 0.241 e. The standard InChI is InChI=1S/C15H22N2O2S/c1-11-15(18)17(7-8-19-13-4-2-3-5-13)14(16-11)12-6-9-20-10-12/h6,9-11,13-14,16H,2-5,7-8H2,1H3. The first-order valence-electron chi connectivity index (χ1n) is 7.46. The largest absolute Gasteiger partial charge is 0.376 e. The van der Waals surface area contributed by atoms with Crippen molar-refractivity contribution in [3.05, 3.63) is 22.4 Å². The molecule has 1 aromatic heterocycles. The summed E-state index contributed by atoms with van der Waals surface area (Å²) in [4.78, 5) is 14.2. The zero-order valence-electron chi connectivity index (χ0n) is 11.9. The van der Waals surface area contributed by atoms with E-state index in [1.165, 1.54) is 31.2 Å². The molecule has 5 heteroatoms. The monoisotopic (exact) mass is 294 g/mol. The summed E-state index contributed by atoms with van der Waals surface area (Å²) in [5.41, 5.74) is 1.17. The van der Waals surface area contributed by atoms with Crippen LogP contribution in [0.3, 0.4) is 0 Å². The average molecular weight is 294 g/mol. The maximum Gasteiger partial charge on any atom is 0.241 e. The zero-order chi connectivity index (χ0) is 13.9. The Balaban J connectivity index is 1.58. The third kappa shape index (κ3) is 2.90. The number of thiophene rings is 1. The number of rotatable bonds is 5. The average Bonchev–Trinajstić information content (AvgIpc) is 3.15. The van der Waals surface area contributed by atoms with Gasteiger partial charge in [0.15, 0.2) is 0 Å². The second kappa shape index (κ2) is 6.24. The quantitative estimate of drug-likeness (QED) is 0.907. The number of nitrogens with one attached hydrogen (secondary N) is 1. The van der Waals surface area contributed by atoms with Crippen LogP contribution in [-0.4, -0.2) is 36.1 Å². The van der Waals surface area contributed by atoms with E-state index in [0.29, 0.717) is 19.3 Å². The molecular weight excluding hydrogens is 272 g/mol. The van der Waals surface area contributed by atoms with E-state index in [1.807, 2.05) is 11.8 Å². The maximum absolute atomic E-state index is 12.2. The van der Waals surface area contributed by atoms with Gasteiger partial charge in [0.1, 0.15) is 6.17 Å². The Kier molecular flexibility index (Phi) is 4.38. The minimum atomic E-state index is -0.105. The maximum atomic E-state index is 12.2. The van der Waals surface area contributed by atoms with Gasteiger partial charge in [-0.1, -0.05) is 12.8 Å². The van der Waals surface area contributed by atoms with Crippen LogP contribution in [0.1, 0.15) is 44.3 Å². The molecule has 0 spiro atoms. The van der Waals surface area contributed by atoms with E-state index >= 15 is 0 Å². The summed E-state index contributed by atoms with van der Waals surface area (Å²) in [6.07, 6.45) is 5.34. The lowest BCUT2D eigenvalue weighted by Gasteiger charge is -2.24. The molecular formula is C15H22N2O2S. The van der Waals surface area contributed by atoms with Crippen LogP contribution >= 0.6 is 11.3 Å². The molecule has 4 nitrogen and oxygen atoms in total.